The Morgan fingerprint density at radius 1 is 1.35 bits per heavy atom. The highest BCUT2D eigenvalue weighted by Gasteiger charge is 2.31. The predicted octanol–water partition coefficient (Wildman–Crippen LogP) is 1.88. The molecule has 5 nitrogen and oxygen atoms in total. The van der Waals surface area contributed by atoms with E-state index in [2.05, 4.69) is 4.74 Å². The van der Waals surface area contributed by atoms with E-state index in [1.54, 1.807) is 11.9 Å². The molecular weight excluding hydrogens is 256 g/mol. The van der Waals surface area contributed by atoms with Crippen molar-refractivity contribution in [2.24, 2.45) is 0 Å². The summed E-state index contributed by atoms with van der Waals surface area (Å²) in [5.41, 5.74) is 1.11. The molecule has 0 spiro atoms. The van der Waals surface area contributed by atoms with Gasteiger partial charge in [-0.1, -0.05) is 30.3 Å². The topological polar surface area (TPSA) is 49.9 Å². The molecule has 0 N–H and O–H groups in total. The Bertz CT molecular complexity index is 475. The molecule has 1 saturated heterocycles. The minimum atomic E-state index is -0.272. The van der Waals surface area contributed by atoms with E-state index in [9.17, 15) is 9.59 Å². The van der Waals surface area contributed by atoms with Crippen LogP contribution in [0.4, 0.5) is 4.79 Å². The summed E-state index contributed by atoms with van der Waals surface area (Å²) in [7, 11) is 3.11. The molecule has 0 saturated carbocycles. The van der Waals surface area contributed by atoms with Gasteiger partial charge < -0.3 is 14.5 Å². The third-order valence-electron chi connectivity index (χ3n) is 3.70. The van der Waals surface area contributed by atoms with Crippen LogP contribution in [0.15, 0.2) is 30.3 Å². The van der Waals surface area contributed by atoms with Crippen molar-refractivity contribution in [1.29, 1.82) is 0 Å². The summed E-state index contributed by atoms with van der Waals surface area (Å²) in [6.07, 6.45) is 1.04. The average Bonchev–Trinajstić information content (AvgIpc) is 2.48. The number of nitrogens with zero attached hydrogens (tertiary/aromatic N) is 2. The van der Waals surface area contributed by atoms with Crippen LogP contribution in [-0.2, 0) is 16.1 Å². The molecule has 0 aliphatic carbocycles. The average molecular weight is 276 g/mol. The lowest BCUT2D eigenvalue weighted by atomic mass is 10.1. The molecule has 1 aromatic rings. The fourth-order valence-electron chi connectivity index (χ4n) is 2.44. The SMILES string of the molecule is COC(=O)CC1CCN(Cc2ccccc2)C(=O)N1C. The molecule has 108 valence electrons. The second kappa shape index (κ2) is 6.41. The lowest BCUT2D eigenvalue weighted by Gasteiger charge is -2.39. The molecule has 5 heteroatoms. The second-order valence-electron chi connectivity index (χ2n) is 5.02. The fraction of sp³-hybridized carbons (Fsp3) is 0.467. The maximum absolute atomic E-state index is 12.3. The van der Waals surface area contributed by atoms with E-state index in [0.717, 1.165) is 12.0 Å². The van der Waals surface area contributed by atoms with Gasteiger partial charge in [-0.2, -0.15) is 0 Å². The lowest BCUT2D eigenvalue weighted by molar-refractivity contribution is -0.142. The zero-order valence-electron chi connectivity index (χ0n) is 11.9. The molecule has 1 unspecified atom stereocenters. The van der Waals surface area contributed by atoms with Crippen molar-refractivity contribution in [3.8, 4) is 0 Å². The largest absolute Gasteiger partial charge is 0.469 e. The first-order valence-corrected chi connectivity index (χ1v) is 6.74. The van der Waals surface area contributed by atoms with Crippen LogP contribution in [0.1, 0.15) is 18.4 Å². The Labute approximate surface area is 119 Å². The molecule has 0 bridgehead atoms. The number of carbonyl (C=O) groups excluding carboxylic acids is 2. The molecule has 1 aromatic carbocycles. The van der Waals surface area contributed by atoms with Gasteiger partial charge in [-0.25, -0.2) is 4.79 Å². The van der Waals surface area contributed by atoms with Gasteiger partial charge in [0.05, 0.1) is 13.5 Å². The van der Waals surface area contributed by atoms with Gasteiger partial charge in [-0.05, 0) is 12.0 Å². The maximum Gasteiger partial charge on any atom is 0.320 e. The first kappa shape index (κ1) is 14.4. The summed E-state index contributed by atoms with van der Waals surface area (Å²) in [6, 6.07) is 9.80. The summed E-state index contributed by atoms with van der Waals surface area (Å²) in [5.74, 6) is -0.272. The summed E-state index contributed by atoms with van der Waals surface area (Å²) in [4.78, 5) is 27.1. The van der Waals surface area contributed by atoms with Crippen LogP contribution in [0.2, 0.25) is 0 Å². The van der Waals surface area contributed by atoms with Gasteiger partial charge in [-0.15, -0.1) is 0 Å². The highest BCUT2D eigenvalue weighted by atomic mass is 16.5. The molecule has 1 fully saturated rings. The smallest absolute Gasteiger partial charge is 0.320 e. The number of rotatable bonds is 4. The number of benzene rings is 1. The number of esters is 1. The van der Waals surface area contributed by atoms with Gasteiger partial charge in [0.15, 0.2) is 0 Å². The van der Waals surface area contributed by atoms with Crippen LogP contribution in [0.5, 0.6) is 0 Å². The molecule has 2 amide bonds. The third kappa shape index (κ3) is 3.29. The summed E-state index contributed by atoms with van der Waals surface area (Å²) >= 11 is 0. The number of ether oxygens (including phenoxy) is 1. The van der Waals surface area contributed by atoms with Crippen LogP contribution in [0, 0.1) is 0 Å². The standard InChI is InChI=1S/C15H20N2O3/c1-16-13(10-14(18)20-2)8-9-17(15(16)19)11-12-6-4-3-5-7-12/h3-7,13H,8-11H2,1-2H3. The molecule has 1 atom stereocenters. The van der Waals surface area contributed by atoms with Crippen molar-refractivity contribution in [2.45, 2.75) is 25.4 Å². The molecule has 1 aliphatic heterocycles. The van der Waals surface area contributed by atoms with E-state index in [4.69, 9.17) is 0 Å². The molecule has 0 radical (unpaired) electrons. The zero-order chi connectivity index (χ0) is 14.5. The maximum atomic E-state index is 12.3. The Hall–Kier alpha value is -2.04. The van der Waals surface area contributed by atoms with Crippen molar-refractivity contribution in [3.63, 3.8) is 0 Å². The highest BCUT2D eigenvalue weighted by molar-refractivity contribution is 5.77. The number of amides is 2. The molecule has 20 heavy (non-hydrogen) atoms. The molecular formula is C15H20N2O3. The minimum Gasteiger partial charge on any atom is -0.469 e. The summed E-state index contributed by atoms with van der Waals surface area (Å²) in [5, 5.41) is 0. The van der Waals surface area contributed by atoms with E-state index in [1.165, 1.54) is 7.11 Å². The number of hydrogen-bond donors (Lipinski definition) is 0. The van der Waals surface area contributed by atoms with Crippen molar-refractivity contribution in [2.75, 3.05) is 20.7 Å². The first-order valence-electron chi connectivity index (χ1n) is 6.74. The van der Waals surface area contributed by atoms with E-state index in [1.807, 2.05) is 35.2 Å². The quantitative estimate of drug-likeness (QED) is 0.789. The fourth-order valence-corrected chi connectivity index (χ4v) is 2.44. The molecule has 1 aliphatic rings. The Morgan fingerprint density at radius 3 is 2.70 bits per heavy atom. The van der Waals surface area contributed by atoms with Gasteiger partial charge in [0, 0.05) is 26.2 Å². The first-order chi connectivity index (χ1) is 9.61. The summed E-state index contributed by atoms with van der Waals surface area (Å²) in [6.45, 7) is 1.27. The molecule has 1 heterocycles. The predicted molar refractivity (Wildman–Crippen MR) is 75.0 cm³/mol. The van der Waals surface area contributed by atoms with E-state index in [0.29, 0.717) is 13.1 Å². The number of carbonyl (C=O) groups is 2. The van der Waals surface area contributed by atoms with Crippen LogP contribution in [0.25, 0.3) is 0 Å². The van der Waals surface area contributed by atoms with Crippen molar-refractivity contribution >= 4 is 12.0 Å². The van der Waals surface area contributed by atoms with Crippen LogP contribution in [-0.4, -0.2) is 48.5 Å². The van der Waals surface area contributed by atoms with Crippen molar-refractivity contribution in [3.05, 3.63) is 35.9 Å². The van der Waals surface area contributed by atoms with E-state index in [-0.39, 0.29) is 24.5 Å². The number of urea groups is 1. The highest BCUT2D eigenvalue weighted by Crippen LogP contribution is 2.19. The van der Waals surface area contributed by atoms with E-state index >= 15 is 0 Å². The number of methoxy groups -OCH3 is 1. The zero-order valence-corrected chi connectivity index (χ0v) is 11.9. The van der Waals surface area contributed by atoms with Crippen molar-refractivity contribution in [1.82, 2.24) is 9.80 Å². The minimum absolute atomic E-state index is 0.0333. The second-order valence-corrected chi connectivity index (χ2v) is 5.02. The third-order valence-corrected chi connectivity index (χ3v) is 3.70. The molecule has 2 rings (SSSR count). The van der Waals surface area contributed by atoms with Crippen LogP contribution < -0.4 is 0 Å². The normalized spacial score (nSPS) is 19.1. The Balaban J connectivity index is 1.96. The molecule has 0 aromatic heterocycles. The monoisotopic (exact) mass is 276 g/mol. The number of hydrogen-bond acceptors (Lipinski definition) is 3. The van der Waals surface area contributed by atoms with Gasteiger partial charge in [-0.3, -0.25) is 4.79 Å². The Kier molecular flexibility index (Phi) is 4.61. The lowest BCUT2D eigenvalue weighted by Crippen LogP contribution is -2.52. The Morgan fingerprint density at radius 2 is 2.05 bits per heavy atom. The summed E-state index contributed by atoms with van der Waals surface area (Å²) < 4.78 is 4.67. The van der Waals surface area contributed by atoms with Gasteiger partial charge in [0.25, 0.3) is 0 Å². The van der Waals surface area contributed by atoms with Crippen LogP contribution >= 0.6 is 0 Å². The van der Waals surface area contributed by atoms with Gasteiger partial charge in [0.1, 0.15) is 0 Å². The van der Waals surface area contributed by atoms with Gasteiger partial charge >= 0.3 is 12.0 Å². The van der Waals surface area contributed by atoms with E-state index < -0.39 is 0 Å². The van der Waals surface area contributed by atoms with Crippen molar-refractivity contribution < 1.29 is 14.3 Å². The van der Waals surface area contributed by atoms with Crippen LogP contribution in [0.3, 0.4) is 0 Å². The van der Waals surface area contributed by atoms with Gasteiger partial charge in [0.2, 0.25) is 0 Å².